The summed E-state index contributed by atoms with van der Waals surface area (Å²) in [5.41, 5.74) is 4.54. The van der Waals surface area contributed by atoms with Crippen molar-refractivity contribution >= 4 is 29.2 Å². The maximum Gasteiger partial charge on any atom is 0.419 e. The van der Waals surface area contributed by atoms with Gasteiger partial charge in [-0.3, -0.25) is 19.9 Å². The lowest BCUT2D eigenvalue weighted by atomic mass is 9.98. The van der Waals surface area contributed by atoms with E-state index in [9.17, 15) is 22.8 Å². The Kier molecular flexibility index (Phi) is 11.7. The van der Waals surface area contributed by atoms with E-state index in [1.807, 2.05) is 35.2 Å². The van der Waals surface area contributed by atoms with Crippen LogP contribution in [0.3, 0.4) is 0 Å². The van der Waals surface area contributed by atoms with Gasteiger partial charge in [0.1, 0.15) is 5.82 Å². The van der Waals surface area contributed by atoms with Crippen LogP contribution in [0.1, 0.15) is 72.9 Å². The van der Waals surface area contributed by atoms with Gasteiger partial charge < -0.3 is 30.3 Å². The van der Waals surface area contributed by atoms with Crippen LogP contribution in [-0.4, -0.2) is 71.2 Å². The van der Waals surface area contributed by atoms with Crippen LogP contribution >= 0.6 is 11.6 Å². The Balaban J connectivity index is 1.11. The number of alkyl halides is 3. The number of likely N-dealkylation sites (tertiary alicyclic amines) is 1. The van der Waals surface area contributed by atoms with Gasteiger partial charge in [-0.05, 0) is 61.4 Å². The van der Waals surface area contributed by atoms with Crippen molar-refractivity contribution in [2.24, 2.45) is 0 Å². The van der Waals surface area contributed by atoms with Gasteiger partial charge in [0.25, 0.3) is 0 Å². The van der Waals surface area contributed by atoms with Crippen molar-refractivity contribution in [3.8, 4) is 34.3 Å². The van der Waals surface area contributed by atoms with Gasteiger partial charge >= 0.3 is 6.18 Å². The predicted octanol–water partition coefficient (Wildman–Crippen LogP) is 6.42. The van der Waals surface area contributed by atoms with E-state index < -0.39 is 17.8 Å². The first-order valence-electron chi connectivity index (χ1n) is 18.7. The van der Waals surface area contributed by atoms with E-state index >= 15 is 0 Å². The number of amides is 2. The minimum atomic E-state index is -4.69. The minimum Gasteiger partial charge on any atom is -0.481 e. The molecule has 56 heavy (non-hydrogen) atoms. The van der Waals surface area contributed by atoms with E-state index in [1.54, 1.807) is 26.3 Å². The lowest BCUT2D eigenvalue weighted by Gasteiger charge is -2.31. The third kappa shape index (κ3) is 8.39. The van der Waals surface area contributed by atoms with E-state index in [4.69, 9.17) is 26.1 Å². The number of ether oxygens (including phenoxy) is 2. The van der Waals surface area contributed by atoms with Crippen LogP contribution in [0.25, 0.3) is 22.5 Å². The summed E-state index contributed by atoms with van der Waals surface area (Å²) in [6.45, 7) is 3.64. The summed E-state index contributed by atoms with van der Waals surface area (Å²) in [4.78, 5) is 38.9. The molecule has 2 saturated heterocycles. The maximum atomic E-state index is 14.5. The molecule has 4 N–H and O–H groups in total. The molecule has 2 amide bonds. The molecule has 0 radical (unpaired) electrons. The summed E-state index contributed by atoms with van der Waals surface area (Å²) in [5, 5.41) is 12.9. The molecule has 0 unspecified atom stereocenters. The molecule has 0 spiro atoms. The number of anilines is 1. The Bertz CT molecular complexity index is 2110. The Labute approximate surface area is 327 Å². The molecule has 2 fully saturated rings. The van der Waals surface area contributed by atoms with Crippen molar-refractivity contribution in [1.29, 1.82) is 0 Å². The zero-order valence-electron chi connectivity index (χ0n) is 31.4. The van der Waals surface area contributed by atoms with Crippen LogP contribution in [0.15, 0.2) is 48.7 Å². The summed E-state index contributed by atoms with van der Waals surface area (Å²) >= 11 is 7.10. The van der Waals surface area contributed by atoms with Gasteiger partial charge in [0.15, 0.2) is 0 Å². The molecular weight excluding hydrogens is 749 g/mol. The van der Waals surface area contributed by atoms with Crippen LogP contribution in [0.5, 0.6) is 11.8 Å². The molecule has 1 aromatic carbocycles. The van der Waals surface area contributed by atoms with Gasteiger partial charge in [0, 0.05) is 74.0 Å². The Hall–Kier alpha value is -4.99. The first-order valence-corrected chi connectivity index (χ1v) is 19.1. The lowest BCUT2D eigenvalue weighted by molar-refractivity contribution is -0.137. The first-order chi connectivity index (χ1) is 26.9. The molecule has 0 bridgehead atoms. The lowest BCUT2D eigenvalue weighted by Crippen LogP contribution is -2.44. The van der Waals surface area contributed by atoms with Gasteiger partial charge in [-0.2, -0.15) is 18.2 Å². The second-order valence-electron chi connectivity index (χ2n) is 14.2. The zero-order valence-corrected chi connectivity index (χ0v) is 32.1. The van der Waals surface area contributed by atoms with E-state index in [2.05, 4.69) is 31.2 Å². The molecule has 4 aromatic rings. The van der Waals surface area contributed by atoms with Crippen molar-refractivity contribution in [2.75, 3.05) is 32.6 Å². The molecule has 3 aromatic heterocycles. The quantitative estimate of drug-likeness (QED) is 0.127. The van der Waals surface area contributed by atoms with Gasteiger partial charge in [0.2, 0.25) is 23.6 Å². The predicted molar refractivity (Wildman–Crippen MR) is 205 cm³/mol. The molecule has 3 aliphatic rings. The topological polar surface area (TPSA) is 143 Å². The van der Waals surface area contributed by atoms with Gasteiger partial charge in [0.05, 0.1) is 48.4 Å². The molecule has 7 rings (SSSR count). The number of hydrogen-bond donors (Lipinski definition) is 4. The molecule has 5 heterocycles. The third-order valence-electron chi connectivity index (χ3n) is 10.8. The number of nitrogens with one attached hydrogen (secondary N) is 4. The zero-order chi connectivity index (χ0) is 39.6. The van der Waals surface area contributed by atoms with E-state index in [0.29, 0.717) is 60.1 Å². The van der Waals surface area contributed by atoms with Crippen molar-refractivity contribution in [2.45, 2.75) is 83.0 Å². The summed E-state index contributed by atoms with van der Waals surface area (Å²) in [7, 11) is 2.94. The van der Waals surface area contributed by atoms with Crippen molar-refractivity contribution in [3.63, 3.8) is 0 Å². The fraction of sp³-hybridized carbons (Fsp3) is 0.425. The van der Waals surface area contributed by atoms with E-state index in [0.717, 1.165) is 54.3 Å². The van der Waals surface area contributed by atoms with Crippen molar-refractivity contribution in [1.82, 2.24) is 35.8 Å². The van der Waals surface area contributed by atoms with Crippen LogP contribution in [0.4, 0.5) is 19.0 Å². The maximum absolute atomic E-state index is 14.5. The number of aromatic nitrogens is 3. The van der Waals surface area contributed by atoms with Crippen LogP contribution in [0, 0.1) is 0 Å². The highest BCUT2D eigenvalue weighted by Crippen LogP contribution is 2.44. The molecule has 16 heteroatoms. The normalized spacial score (nSPS) is 18.5. The minimum absolute atomic E-state index is 0.0279. The number of carbonyl (C=O) groups excluding carboxylic acids is 2. The summed E-state index contributed by atoms with van der Waals surface area (Å²) < 4.78 is 54.6. The molecule has 296 valence electrons. The Morgan fingerprint density at radius 1 is 0.946 bits per heavy atom. The molecular formula is C40H44ClF3N8O4. The largest absolute Gasteiger partial charge is 0.481 e. The van der Waals surface area contributed by atoms with Gasteiger partial charge in [-0.25, -0.2) is 4.98 Å². The van der Waals surface area contributed by atoms with Crippen LogP contribution in [-0.2, 0) is 35.3 Å². The number of halogens is 4. The molecule has 12 nitrogen and oxygen atoms in total. The smallest absolute Gasteiger partial charge is 0.419 e. The monoisotopic (exact) mass is 792 g/mol. The Morgan fingerprint density at radius 2 is 1.70 bits per heavy atom. The van der Waals surface area contributed by atoms with E-state index in [1.165, 1.54) is 7.11 Å². The van der Waals surface area contributed by atoms with Crippen LogP contribution in [0.2, 0.25) is 5.02 Å². The summed E-state index contributed by atoms with van der Waals surface area (Å²) in [5.74, 6) is 0.184. The number of piperidine rings is 1. The molecule has 2 atom stereocenters. The number of carbonyl (C=O) groups is 2. The molecule has 2 aliphatic heterocycles. The fourth-order valence-corrected chi connectivity index (χ4v) is 8.08. The second kappa shape index (κ2) is 16.6. The summed E-state index contributed by atoms with van der Waals surface area (Å²) in [6.07, 6.45) is 0.356. The molecule has 1 aliphatic carbocycles. The highest BCUT2D eigenvalue weighted by molar-refractivity contribution is 6.35. The molecule has 0 saturated carbocycles. The van der Waals surface area contributed by atoms with E-state index in [-0.39, 0.29) is 47.8 Å². The number of fused-ring (bicyclic) bond motifs is 1. The number of pyridine rings is 3. The second-order valence-corrected chi connectivity index (χ2v) is 14.6. The third-order valence-corrected chi connectivity index (χ3v) is 11.1. The van der Waals surface area contributed by atoms with Crippen molar-refractivity contribution < 1.29 is 32.2 Å². The highest BCUT2D eigenvalue weighted by Gasteiger charge is 2.38. The van der Waals surface area contributed by atoms with Crippen molar-refractivity contribution in [3.05, 3.63) is 81.5 Å². The van der Waals surface area contributed by atoms with Gasteiger partial charge in [-0.15, -0.1) is 0 Å². The number of methoxy groups -OCH3 is 2. The standard InChI is InChI=1S/C40H44ClF3N8O4/c1-22(53)52-17-14-25(15-18-52)46-20-23-7-9-32(49-38(23)55-2)29-13-16-45-36(35(29)41)28-6-4-5-27-26(28)8-10-31(27)48-37-30(40(42,43)44)19-24(39(51-37)56-3)21-47-33-11-12-34(54)50-33/h4-7,9,13,16,19,25,31,33,46-47H,8,10-12,14-15,17-18,20-21H2,1-3H3,(H,48,51)(H,50,54)/t31-,33-/m1/s1. The SMILES string of the molecule is COc1nc(-c2ccnc(-c3cccc4c3CC[C@H]4Nc3nc(OC)c(CN[C@H]4CCC(=O)N4)cc3C(F)(F)F)c2Cl)ccc1CNC1CCN(C(C)=O)CC1. The Morgan fingerprint density at radius 3 is 2.39 bits per heavy atom. The number of nitrogens with zero attached hydrogens (tertiary/aromatic N) is 4. The number of rotatable bonds is 12. The average molecular weight is 793 g/mol. The fourth-order valence-electron chi connectivity index (χ4n) is 7.77. The number of hydrogen-bond acceptors (Lipinski definition) is 10. The highest BCUT2D eigenvalue weighted by atomic mass is 35.5. The summed E-state index contributed by atoms with van der Waals surface area (Å²) in [6, 6.07) is 12.2. The van der Waals surface area contributed by atoms with Gasteiger partial charge in [-0.1, -0.05) is 35.9 Å². The number of benzene rings is 1. The average Bonchev–Trinajstić information content (AvgIpc) is 3.81. The first kappa shape index (κ1) is 39.3. The van der Waals surface area contributed by atoms with Crippen LogP contribution < -0.4 is 30.7 Å².